The average Bonchev–Trinajstić information content (AvgIpc) is 2.75. The predicted molar refractivity (Wildman–Crippen MR) is 69.9 cm³/mol. The van der Waals surface area contributed by atoms with Crippen LogP contribution in [0.15, 0.2) is 12.4 Å². The van der Waals surface area contributed by atoms with E-state index in [4.69, 9.17) is 11.6 Å². The van der Waals surface area contributed by atoms with Crippen LogP contribution in [0.3, 0.4) is 0 Å². The molecule has 0 saturated carbocycles. The lowest BCUT2D eigenvalue weighted by Crippen LogP contribution is -2.37. The first-order valence-electron chi connectivity index (χ1n) is 5.47. The van der Waals surface area contributed by atoms with E-state index in [-0.39, 0.29) is 0 Å². The molecule has 0 spiro atoms. The van der Waals surface area contributed by atoms with Crippen LogP contribution in [0.25, 0.3) is 5.78 Å². The molecule has 17 heavy (non-hydrogen) atoms. The molecule has 7 heteroatoms. The molecule has 0 radical (unpaired) electrons. The van der Waals surface area contributed by atoms with Crippen LogP contribution in [0, 0.1) is 0 Å². The third-order valence-electron chi connectivity index (χ3n) is 2.77. The predicted octanol–water partition coefficient (Wildman–Crippen LogP) is 1.72. The van der Waals surface area contributed by atoms with Gasteiger partial charge in [0, 0.05) is 30.2 Å². The Hall–Kier alpha value is -1.01. The van der Waals surface area contributed by atoms with E-state index in [0.717, 1.165) is 24.7 Å². The fourth-order valence-corrected chi connectivity index (χ4v) is 3.21. The van der Waals surface area contributed by atoms with E-state index >= 15 is 0 Å². The van der Waals surface area contributed by atoms with E-state index in [1.165, 1.54) is 6.33 Å². The minimum Gasteiger partial charge on any atom is -0.354 e. The number of rotatable bonds is 1. The first-order valence-corrected chi connectivity index (χ1v) is 6.89. The standard InChI is InChI=1S/C10H12ClN5S/c1-7-5-15(2-3-17-7)9-4-8(11)14-10-12-6-13-16(9)10/h4,6-7H,2-3,5H2,1H3. The molecule has 0 amide bonds. The van der Waals surface area contributed by atoms with Gasteiger partial charge >= 0.3 is 0 Å². The van der Waals surface area contributed by atoms with Crippen molar-refractivity contribution in [1.29, 1.82) is 0 Å². The second kappa shape index (κ2) is 4.34. The van der Waals surface area contributed by atoms with Gasteiger partial charge in [-0.2, -0.15) is 31.3 Å². The average molecular weight is 270 g/mol. The summed E-state index contributed by atoms with van der Waals surface area (Å²) in [6.45, 7) is 4.24. The van der Waals surface area contributed by atoms with Crippen molar-refractivity contribution in [2.45, 2.75) is 12.2 Å². The van der Waals surface area contributed by atoms with Crippen molar-refractivity contribution in [1.82, 2.24) is 19.6 Å². The molecular formula is C10H12ClN5S. The van der Waals surface area contributed by atoms with Crippen LogP contribution in [0.2, 0.25) is 5.15 Å². The van der Waals surface area contributed by atoms with Gasteiger partial charge in [0.25, 0.3) is 5.78 Å². The maximum Gasteiger partial charge on any atom is 0.255 e. The summed E-state index contributed by atoms with van der Waals surface area (Å²) in [7, 11) is 0. The number of aromatic nitrogens is 4. The minimum atomic E-state index is 0.464. The van der Waals surface area contributed by atoms with Crippen LogP contribution in [-0.4, -0.2) is 43.7 Å². The molecule has 3 rings (SSSR count). The van der Waals surface area contributed by atoms with Gasteiger partial charge in [-0.3, -0.25) is 0 Å². The van der Waals surface area contributed by atoms with Crippen molar-refractivity contribution >= 4 is 35.0 Å². The zero-order valence-corrected chi connectivity index (χ0v) is 10.9. The Kier molecular flexibility index (Phi) is 2.84. The first-order chi connectivity index (χ1) is 8.24. The fraction of sp³-hybridized carbons (Fsp3) is 0.500. The van der Waals surface area contributed by atoms with Crippen molar-refractivity contribution in [3.8, 4) is 0 Å². The molecule has 1 saturated heterocycles. The van der Waals surface area contributed by atoms with Gasteiger partial charge in [0.2, 0.25) is 0 Å². The van der Waals surface area contributed by atoms with Crippen LogP contribution in [0.5, 0.6) is 0 Å². The lowest BCUT2D eigenvalue weighted by Gasteiger charge is -2.32. The summed E-state index contributed by atoms with van der Waals surface area (Å²) in [5.41, 5.74) is 0. The topological polar surface area (TPSA) is 46.3 Å². The van der Waals surface area contributed by atoms with Gasteiger partial charge in [-0.15, -0.1) is 0 Å². The molecule has 3 heterocycles. The summed E-state index contributed by atoms with van der Waals surface area (Å²) in [5, 5.41) is 5.28. The van der Waals surface area contributed by atoms with Gasteiger partial charge in [0.05, 0.1) is 0 Å². The molecule has 1 aliphatic heterocycles. The Balaban J connectivity index is 2.06. The number of nitrogens with zero attached hydrogens (tertiary/aromatic N) is 5. The van der Waals surface area contributed by atoms with Crippen molar-refractivity contribution in [2.24, 2.45) is 0 Å². The van der Waals surface area contributed by atoms with Crippen LogP contribution in [-0.2, 0) is 0 Å². The summed E-state index contributed by atoms with van der Waals surface area (Å²) in [5.74, 6) is 2.65. The minimum absolute atomic E-state index is 0.464. The Morgan fingerprint density at radius 3 is 3.24 bits per heavy atom. The molecule has 2 aromatic rings. The first kappa shape index (κ1) is 11.1. The fourth-order valence-electron chi connectivity index (χ4n) is 2.02. The van der Waals surface area contributed by atoms with Gasteiger partial charge in [0.15, 0.2) is 0 Å². The van der Waals surface area contributed by atoms with Crippen molar-refractivity contribution in [3.63, 3.8) is 0 Å². The number of halogens is 1. The highest BCUT2D eigenvalue weighted by atomic mass is 35.5. The molecule has 1 fully saturated rings. The van der Waals surface area contributed by atoms with E-state index < -0.39 is 0 Å². The molecule has 1 unspecified atom stereocenters. The summed E-state index contributed by atoms with van der Waals surface area (Å²) in [6, 6.07) is 1.85. The molecule has 0 aromatic carbocycles. The monoisotopic (exact) mass is 269 g/mol. The molecule has 5 nitrogen and oxygen atoms in total. The number of anilines is 1. The Morgan fingerprint density at radius 2 is 2.41 bits per heavy atom. The molecule has 1 atom stereocenters. The normalized spacial score (nSPS) is 21.1. The smallest absolute Gasteiger partial charge is 0.255 e. The number of hydrogen-bond donors (Lipinski definition) is 0. The maximum atomic E-state index is 6.01. The highest BCUT2D eigenvalue weighted by Gasteiger charge is 2.20. The Bertz CT molecular complexity index is 542. The van der Waals surface area contributed by atoms with Crippen LogP contribution in [0.1, 0.15) is 6.92 Å². The third-order valence-corrected chi connectivity index (χ3v) is 4.10. The lowest BCUT2D eigenvalue weighted by molar-refractivity contribution is 0.745. The summed E-state index contributed by atoms with van der Waals surface area (Å²) >= 11 is 8.00. The van der Waals surface area contributed by atoms with Crippen molar-refractivity contribution in [2.75, 3.05) is 23.7 Å². The zero-order chi connectivity index (χ0) is 11.8. The van der Waals surface area contributed by atoms with E-state index in [0.29, 0.717) is 16.2 Å². The van der Waals surface area contributed by atoms with Crippen LogP contribution < -0.4 is 4.90 Å². The SMILES string of the molecule is CC1CN(c2cc(Cl)nc3ncnn23)CCS1. The second-order valence-electron chi connectivity index (χ2n) is 4.04. The van der Waals surface area contributed by atoms with Gasteiger partial charge in [0.1, 0.15) is 17.3 Å². The number of fused-ring (bicyclic) bond motifs is 1. The van der Waals surface area contributed by atoms with Gasteiger partial charge < -0.3 is 4.90 Å². The van der Waals surface area contributed by atoms with Crippen LogP contribution >= 0.6 is 23.4 Å². The molecule has 0 aliphatic carbocycles. The van der Waals surface area contributed by atoms with E-state index in [2.05, 4.69) is 26.9 Å². The highest BCUT2D eigenvalue weighted by Crippen LogP contribution is 2.25. The highest BCUT2D eigenvalue weighted by molar-refractivity contribution is 8.00. The van der Waals surface area contributed by atoms with Gasteiger partial charge in [-0.05, 0) is 0 Å². The summed E-state index contributed by atoms with van der Waals surface area (Å²) in [6.07, 6.45) is 1.50. The maximum absolute atomic E-state index is 6.01. The van der Waals surface area contributed by atoms with Gasteiger partial charge in [-0.1, -0.05) is 18.5 Å². The molecule has 90 valence electrons. The zero-order valence-electron chi connectivity index (χ0n) is 9.38. The van der Waals surface area contributed by atoms with E-state index in [1.54, 1.807) is 4.52 Å². The quantitative estimate of drug-likeness (QED) is 0.738. The molecule has 0 N–H and O–H groups in total. The lowest BCUT2D eigenvalue weighted by atomic mass is 10.3. The van der Waals surface area contributed by atoms with Crippen LogP contribution in [0.4, 0.5) is 5.82 Å². The second-order valence-corrected chi connectivity index (χ2v) is 5.97. The summed E-state index contributed by atoms with van der Waals surface area (Å²) < 4.78 is 1.74. The largest absolute Gasteiger partial charge is 0.354 e. The molecule has 1 aliphatic rings. The number of hydrogen-bond acceptors (Lipinski definition) is 5. The van der Waals surface area contributed by atoms with Crippen molar-refractivity contribution < 1.29 is 0 Å². The molecular weight excluding hydrogens is 258 g/mol. The third kappa shape index (κ3) is 2.07. The van der Waals surface area contributed by atoms with E-state index in [1.807, 2.05) is 17.8 Å². The summed E-state index contributed by atoms with van der Waals surface area (Å²) in [4.78, 5) is 10.5. The Morgan fingerprint density at radius 1 is 1.53 bits per heavy atom. The Labute approximate surface area is 108 Å². The number of thioether (sulfide) groups is 1. The molecule has 2 aromatic heterocycles. The molecule has 0 bridgehead atoms. The van der Waals surface area contributed by atoms with E-state index in [9.17, 15) is 0 Å². The van der Waals surface area contributed by atoms with Gasteiger partial charge in [-0.25, -0.2) is 0 Å². The van der Waals surface area contributed by atoms with Crippen molar-refractivity contribution in [3.05, 3.63) is 17.5 Å².